The zero-order valence-corrected chi connectivity index (χ0v) is 18.4. The molecule has 164 valence electrons. The van der Waals surface area contributed by atoms with Crippen LogP contribution in [0.5, 0.6) is 0 Å². The van der Waals surface area contributed by atoms with E-state index in [1.807, 2.05) is 12.3 Å². The zero-order chi connectivity index (χ0) is 21.1. The number of piperidine rings is 2. The molecule has 1 unspecified atom stereocenters. The molecule has 2 aromatic heterocycles. The van der Waals surface area contributed by atoms with Gasteiger partial charge in [-0.3, -0.25) is 4.79 Å². The number of carbonyl (C=O) groups excluding carboxylic acids is 1. The molecule has 2 atom stereocenters. The van der Waals surface area contributed by atoms with Crippen LogP contribution in [0, 0.1) is 17.8 Å². The van der Waals surface area contributed by atoms with Crippen LogP contribution in [0.3, 0.4) is 0 Å². The number of rotatable bonds is 6. The smallest absolute Gasteiger partial charge is 0.228 e. The van der Waals surface area contributed by atoms with Crippen LogP contribution in [0.1, 0.15) is 51.5 Å². The van der Waals surface area contributed by atoms with Crippen molar-refractivity contribution in [1.82, 2.24) is 25.2 Å². The van der Waals surface area contributed by atoms with Crippen molar-refractivity contribution >= 4 is 23.2 Å². The van der Waals surface area contributed by atoms with Gasteiger partial charge in [-0.05, 0) is 63.2 Å². The van der Waals surface area contributed by atoms with Crippen molar-refractivity contribution in [1.29, 1.82) is 0 Å². The molecule has 8 nitrogen and oxygen atoms in total. The molecule has 2 aromatic rings. The molecule has 2 aliphatic heterocycles. The summed E-state index contributed by atoms with van der Waals surface area (Å²) in [6.45, 7) is 11.4. The van der Waals surface area contributed by atoms with Gasteiger partial charge in [-0.25, -0.2) is 4.98 Å². The van der Waals surface area contributed by atoms with Crippen molar-refractivity contribution in [3.05, 3.63) is 17.8 Å². The largest absolute Gasteiger partial charge is 0.370 e. The Morgan fingerprint density at radius 1 is 1.23 bits per heavy atom. The van der Waals surface area contributed by atoms with Crippen molar-refractivity contribution in [2.24, 2.45) is 17.8 Å². The number of fused-ring (bicyclic) bond motifs is 1. The molecule has 8 heteroatoms. The van der Waals surface area contributed by atoms with Gasteiger partial charge in [-0.1, -0.05) is 20.8 Å². The highest BCUT2D eigenvalue weighted by Gasteiger charge is 2.24. The van der Waals surface area contributed by atoms with Crippen LogP contribution in [0.15, 0.2) is 12.3 Å². The fourth-order valence-electron chi connectivity index (χ4n) is 4.49. The summed E-state index contributed by atoms with van der Waals surface area (Å²) in [6.07, 6.45) is 4.77. The minimum absolute atomic E-state index is 0.0431. The van der Waals surface area contributed by atoms with E-state index < -0.39 is 0 Å². The first-order valence-electron chi connectivity index (χ1n) is 11.4. The van der Waals surface area contributed by atoms with Crippen LogP contribution in [-0.4, -0.2) is 53.2 Å². The quantitative estimate of drug-likeness (QED) is 0.581. The average Bonchev–Trinajstić information content (AvgIpc) is 3.18. The summed E-state index contributed by atoms with van der Waals surface area (Å²) in [7, 11) is 0. The summed E-state index contributed by atoms with van der Waals surface area (Å²) in [5, 5.41) is 18.0. The molecule has 1 amide bonds. The molecule has 30 heavy (non-hydrogen) atoms. The molecule has 2 saturated heterocycles. The van der Waals surface area contributed by atoms with Gasteiger partial charge in [0, 0.05) is 24.1 Å². The number of aromatic nitrogens is 3. The Morgan fingerprint density at radius 3 is 2.73 bits per heavy atom. The Hall–Kier alpha value is -2.19. The number of hydrogen-bond acceptors (Lipinski definition) is 6. The third-order valence-electron chi connectivity index (χ3n) is 6.59. The Morgan fingerprint density at radius 2 is 2.00 bits per heavy atom. The van der Waals surface area contributed by atoms with Crippen molar-refractivity contribution in [2.45, 2.75) is 46.0 Å². The Kier molecular flexibility index (Phi) is 6.53. The Labute approximate surface area is 178 Å². The van der Waals surface area contributed by atoms with Crippen LogP contribution >= 0.6 is 0 Å². The first-order valence-corrected chi connectivity index (χ1v) is 11.4. The molecular weight excluding hydrogens is 378 g/mol. The molecule has 0 aromatic carbocycles. The van der Waals surface area contributed by atoms with Crippen LogP contribution in [0.4, 0.5) is 11.6 Å². The molecule has 4 heterocycles. The summed E-state index contributed by atoms with van der Waals surface area (Å²) in [5.74, 6) is 3.17. The van der Waals surface area contributed by atoms with Crippen molar-refractivity contribution < 1.29 is 4.79 Å². The third-order valence-corrected chi connectivity index (χ3v) is 6.59. The minimum atomic E-state index is 0.0431. The van der Waals surface area contributed by atoms with E-state index in [0.717, 1.165) is 62.6 Å². The molecule has 4 N–H and O–H groups in total. The maximum Gasteiger partial charge on any atom is 0.228 e. The van der Waals surface area contributed by atoms with E-state index in [0.29, 0.717) is 23.6 Å². The van der Waals surface area contributed by atoms with Crippen molar-refractivity contribution in [3.63, 3.8) is 0 Å². The fraction of sp³-hybridized carbons (Fsp3) is 0.682. The highest BCUT2D eigenvalue weighted by molar-refractivity contribution is 5.92. The molecule has 0 saturated carbocycles. The lowest BCUT2D eigenvalue weighted by Gasteiger charge is -2.29. The highest BCUT2D eigenvalue weighted by atomic mass is 16.2. The second-order valence-electron chi connectivity index (χ2n) is 9.14. The molecular formula is C22H35N7O. The first kappa shape index (κ1) is 21.1. The second-order valence-corrected chi connectivity index (χ2v) is 9.14. The van der Waals surface area contributed by atoms with Gasteiger partial charge in [0.1, 0.15) is 11.6 Å². The maximum absolute atomic E-state index is 12.9. The zero-order valence-electron chi connectivity index (χ0n) is 18.4. The van der Waals surface area contributed by atoms with Crippen molar-refractivity contribution in [2.75, 3.05) is 43.4 Å². The van der Waals surface area contributed by atoms with E-state index in [4.69, 9.17) is 4.98 Å². The van der Waals surface area contributed by atoms with E-state index in [-0.39, 0.29) is 11.8 Å². The van der Waals surface area contributed by atoms with Gasteiger partial charge in [-0.15, -0.1) is 0 Å². The molecule has 2 fully saturated rings. The Bertz CT molecular complexity index is 872. The summed E-state index contributed by atoms with van der Waals surface area (Å²) < 4.78 is 1.77. The number of hydrogen-bond donors (Lipinski definition) is 4. The van der Waals surface area contributed by atoms with Crippen LogP contribution in [0.25, 0.3) is 5.65 Å². The molecule has 4 rings (SSSR count). The van der Waals surface area contributed by atoms with Gasteiger partial charge in [0.05, 0.1) is 6.20 Å². The van der Waals surface area contributed by atoms with Gasteiger partial charge in [0.15, 0.2) is 5.65 Å². The number of anilines is 2. The van der Waals surface area contributed by atoms with Gasteiger partial charge in [0.25, 0.3) is 0 Å². The van der Waals surface area contributed by atoms with Crippen LogP contribution in [-0.2, 0) is 4.79 Å². The summed E-state index contributed by atoms with van der Waals surface area (Å²) in [4.78, 5) is 17.7. The number of nitrogens with zero attached hydrogens (tertiary/aromatic N) is 3. The third kappa shape index (κ3) is 4.59. The van der Waals surface area contributed by atoms with E-state index >= 15 is 0 Å². The highest BCUT2D eigenvalue weighted by Crippen LogP contribution is 2.26. The molecule has 0 aliphatic carbocycles. The monoisotopic (exact) mass is 413 g/mol. The maximum atomic E-state index is 12.9. The number of carbonyl (C=O) groups is 1. The normalized spacial score (nSPS) is 23.1. The lowest BCUT2D eigenvalue weighted by atomic mass is 9.88. The van der Waals surface area contributed by atoms with E-state index in [1.54, 1.807) is 4.52 Å². The fourth-order valence-corrected chi connectivity index (χ4v) is 4.49. The average molecular weight is 414 g/mol. The number of nitrogens with one attached hydrogen (secondary N) is 4. The second kappa shape index (κ2) is 9.31. The molecule has 0 spiro atoms. The van der Waals surface area contributed by atoms with Crippen LogP contribution in [0.2, 0.25) is 0 Å². The Balaban J connectivity index is 1.58. The summed E-state index contributed by atoms with van der Waals surface area (Å²) in [5.41, 5.74) is 1.90. The first-order chi connectivity index (χ1) is 14.5. The van der Waals surface area contributed by atoms with E-state index in [2.05, 4.69) is 47.1 Å². The van der Waals surface area contributed by atoms with Gasteiger partial charge in [0.2, 0.25) is 5.91 Å². The lowest BCUT2D eigenvalue weighted by Crippen LogP contribution is -2.38. The SMILES string of the molecule is CC(C)c1cnn2c(NC(=O)C3CCNCC3)cc(NCC3CCNC[C@@H]3C)nc12. The molecule has 0 bridgehead atoms. The van der Waals surface area contributed by atoms with Crippen molar-refractivity contribution in [3.8, 4) is 0 Å². The standard InChI is InChI=1S/C22H35N7O/c1-14(2)18-13-26-29-20(28-22(30)16-4-7-23-8-5-16)10-19(27-21(18)29)25-12-17-6-9-24-11-15(17)3/h10,13-17,23-24H,4-9,11-12H2,1-3H3,(H,25,27)(H,28,30)/t15-,17?/m0/s1. The summed E-state index contributed by atoms with van der Waals surface area (Å²) in [6, 6.07) is 1.93. The van der Waals surface area contributed by atoms with Gasteiger partial charge < -0.3 is 21.3 Å². The minimum Gasteiger partial charge on any atom is -0.370 e. The molecule has 0 radical (unpaired) electrons. The topological polar surface area (TPSA) is 95.4 Å². The lowest BCUT2D eigenvalue weighted by molar-refractivity contribution is -0.120. The number of amides is 1. The predicted octanol–water partition coefficient (Wildman–Crippen LogP) is 2.45. The van der Waals surface area contributed by atoms with Gasteiger partial charge in [-0.2, -0.15) is 9.61 Å². The summed E-state index contributed by atoms with van der Waals surface area (Å²) >= 11 is 0. The predicted molar refractivity (Wildman–Crippen MR) is 120 cm³/mol. The van der Waals surface area contributed by atoms with Crippen LogP contribution < -0.4 is 21.3 Å². The van der Waals surface area contributed by atoms with E-state index in [9.17, 15) is 4.79 Å². The van der Waals surface area contributed by atoms with Gasteiger partial charge >= 0.3 is 0 Å². The molecule has 2 aliphatic rings. The van der Waals surface area contributed by atoms with E-state index in [1.165, 1.54) is 6.42 Å².